The second kappa shape index (κ2) is 28.3. The van der Waals surface area contributed by atoms with Crippen LogP contribution in [0.3, 0.4) is 0 Å². The molecule has 1 fully saturated rings. The maximum Gasteiger partial charge on any atom is 0.494 e. The Labute approximate surface area is 547 Å². The fourth-order valence-corrected chi connectivity index (χ4v) is 11.5. The molecule has 8 aromatic rings. The second-order valence-electron chi connectivity index (χ2n) is 23.7. The van der Waals surface area contributed by atoms with E-state index in [1.165, 1.54) is 86.5 Å². The smallest absolute Gasteiger partial charge is 0.423 e. The standard InChI is InChI=1S/C32H29F7O2S.C25H35BO2.C13H6BrF7O2S/c1-2-3-4-5-6-7-22-8-10-23(11-9-22)24-12-14-25(15-13-24)26-20-29(33)31(30(34)21-26)32(40)41-27-16-18-28(19-17-27)42(35,36,37,38)39;1-6-7-8-9-10-11-20-12-14-21(15-13-20)22-16-18-23(19-17-22)26-27-24(2,3)25(4,5)28-26;14-7-5-10(15)12(11(16)6-7)13(22)23-8-1-3-9(4-2-8)24(17,18,19,20)21/h8-21H,2-7H2,1H3;12-19H,6-11H2,1-5H3;1-6H. The average Bonchev–Trinajstić information content (AvgIpc) is 0.915. The van der Waals surface area contributed by atoms with Gasteiger partial charge in [-0.1, -0.05) is 217 Å². The molecular weight excluding hydrogens is 1360 g/mol. The van der Waals surface area contributed by atoms with E-state index >= 15 is 0 Å². The van der Waals surface area contributed by atoms with Gasteiger partial charge < -0.3 is 18.8 Å². The maximum atomic E-state index is 14.8. The summed E-state index contributed by atoms with van der Waals surface area (Å²) in [6, 6.07) is 38.2. The van der Waals surface area contributed by atoms with Crippen molar-refractivity contribution in [1.82, 2.24) is 0 Å². The number of hydrogen-bond acceptors (Lipinski definition) is 6. The van der Waals surface area contributed by atoms with E-state index in [4.69, 9.17) is 14.0 Å². The van der Waals surface area contributed by atoms with Gasteiger partial charge in [0.2, 0.25) is 0 Å². The van der Waals surface area contributed by atoms with Crippen LogP contribution in [0.4, 0.5) is 56.4 Å². The largest absolute Gasteiger partial charge is 0.494 e. The molecule has 1 saturated heterocycles. The topological polar surface area (TPSA) is 71.1 Å². The molecule has 0 saturated carbocycles. The van der Waals surface area contributed by atoms with Crippen LogP contribution < -0.4 is 14.9 Å². The van der Waals surface area contributed by atoms with Crippen LogP contribution in [-0.4, -0.2) is 30.3 Å². The highest BCUT2D eigenvalue weighted by Gasteiger charge is 2.66. The van der Waals surface area contributed by atoms with Crippen LogP contribution in [0.2, 0.25) is 0 Å². The third kappa shape index (κ3) is 20.7. The molecule has 0 unspecified atom stereocenters. The lowest BCUT2D eigenvalue weighted by Gasteiger charge is -2.40. The minimum Gasteiger partial charge on any atom is -0.423 e. The summed E-state index contributed by atoms with van der Waals surface area (Å²) >= 11 is 2.79. The first-order valence-electron chi connectivity index (χ1n) is 30.1. The van der Waals surface area contributed by atoms with Gasteiger partial charge in [-0.3, -0.25) is 0 Å². The number of unbranched alkanes of at least 4 members (excludes halogenated alkanes) is 8. The molecule has 0 atom stereocenters. The molecular formula is C70H70BBrF14O6S2. The van der Waals surface area contributed by atoms with E-state index in [0.717, 1.165) is 53.7 Å². The van der Waals surface area contributed by atoms with Crippen LogP contribution in [0.5, 0.6) is 11.5 Å². The number of aryl methyl sites for hydroxylation is 2. The van der Waals surface area contributed by atoms with Crippen molar-refractivity contribution in [3.8, 4) is 44.9 Å². The zero-order valence-electron chi connectivity index (χ0n) is 52.2. The number of halogens is 15. The molecule has 24 heteroatoms. The average molecular weight is 1430 g/mol. The van der Waals surface area contributed by atoms with Gasteiger partial charge in [0.15, 0.2) is 0 Å². The van der Waals surface area contributed by atoms with Gasteiger partial charge in [0, 0.05) is 4.47 Å². The first-order valence-corrected chi connectivity index (χ1v) is 34.8. The van der Waals surface area contributed by atoms with Crippen molar-refractivity contribution in [1.29, 1.82) is 0 Å². The highest BCUT2D eigenvalue weighted by atomic mass is 79.9. The van der Waals surface area contributed by atoms with Crippen LogP contribution in [0, 0.1) is 23.3 Å². The Bertz CT molecular complexity index is 3860. The predicted molar refractivity (Wildman–Crippen MR) is 349 cm³/mol. The van der Waals surface area contributed by atoms with Crippen LogP contribution in [0.25, 0.3) is 33.4 Å². The summed E-state index contributed by atoms with van der Waals surface area (Å²) in [5, 5.41) is 0. The third-order valence-electron chi connectivity index (χ3n) is 15.8. The van der Waals surface area contributed by atoms with Crippen LogP contribution in [0.15, 0.2) is 184 Å². The molecule has 0 aromatic heterocycles. The minimum atomic E-state index is -9.92. The molecule has 1 aliphatic rings. The van der Waals surface area contributed by atoms with E-state index < -0.39 is 88.1 Å². The number of ether oxygens (including phenoxy) is 2. The molecule has 9 rings (SSSR count). The van der Waals surface area contributed by atoms with Crippen molar-refractivity contribution in [2.75, 3.05) is 0 Å². The maximum absolute atomic E-state index is 14.8. The lowest BCUT2D eigenvalue weighted by atomic mass is 9.78. The fourth-order valence-electron chi connectivity index (χ4n) is 9.78. The Hall–Kier alpha value is -7.12. The lowest BCUT2D eigenvalue weighted by molar-refractivity contribution is 0.00578. The molecule has 0 aliphatic carbocycles. The van der Waals surface area contributed by atoms with Crippen LogP contribution in [-0.2, 0) is 22.2 Å². The van der Waals surface area contributed by atoms with Crippen molar-refractivity contribution in [3.05, 3.63) is 220 Å². The molecule has 0 N–H and O–H groups in total. The Kier molecular flexibility index (Phi) is 22.4. The summed E-state index contributed by atoms with van der Waals surface area (Å²) in [7, 11) is -20.1. The molecule has 506 valence electrons. The van der Waals surface area contributed by atoms with Gasteiger partial charge in [0.1, 0.15) is 55.7 Å². The summed E-state index contributed by atoms with van der Waals surface area (Å²) in [4.78, 5) is 19.7. The van der Waals surface area contributed by atoms with Gasteiger partial charge >= 0.3 is 39.5 Å². The molecule has 0 amide bonds. The monoisotopic (exact) mass is 1430 g/mol. The molecule has 8 aromatic carbocycles. The quantitative estimate of drug-likeness (QED) is 0.0221. The number of carbonyl (C=O) groups excluding carboxylic acids is 2. The molecule has 0 radical (unpaired) electrons. The Balaban J connectivity index is 0.000000210. The Morgan fingerprint density at radius 3 is 1.01 bits per heavy atom. The molecule has 6 nitrogen and oxygen atoms in total. The summed E-state index contributed by atoms with van der Waals surface area (Å²) in [5.74, 6) is -9.29. The third-order valence-corrected chi connectivity index (χ3v) is 18.6. The predicted octanol–water partition coefficient (Wildman–Crippen LogP) is 24.5. The van der Waals surface area contributed by atoms with E-state index in [-0.39, 0.29) is 52.6 Å². The van der Waals surface area contributed by atoms with Crippen molar-refractivity contribution in [2.24, 2.45) is 0 Å². The number of benzene rings is 8. The van der Waals surface area contributed by atoms with Gasteiger partial charge in [0.05, 0.1) is 11.2 Å². The summed E-state index contributed by atoms with van der Waals surface area (Å²) in [6.07, 6.45) is 15.0. The first kappa shape index (κ1) is 74.3. The van der Waals surface area contributed by atoms with Gasteiger partial charge in [0.25, 0.3) is 0 Å². The number of hydrogen-bond donors (Lipinski definition) is 0. The fraction of sp³-hybridized carbons (Fsp3) is 0.286. The van der Waals surface area contributed by atoms with E-state index in [1.807, 2.05) is 24.3 Å². The molecule has 0 spiro atoms. The van der Waals surface area contributed by atoms with Crippen LogP contribution >= 0.6 is 36.4 Å². The van der Waals surface area contributed by atoms with Gasteiger partial charge in [-0.25, -0.2) is 27.2 Å². The number of carbonyl (C=O) groups is 2. The van der Waals surface area contributed by atoms with Gasteiger partial charge in [-0.2, -0.15) is 0 Å². The first-order chi connectivity index (χ1) is 43.6. The summed E-state index contributed by atoms with van der Waals surface area (Å²) in [5.41, 5.74) is 6.03. The normalized spacial score (nSPS) is 15.0. The number of rotatable bonds is 22. The van der Waals surface area contributed by atoms with Crippen molar-refractivity contribution in [2.45, 2.75) is 140 Å². The van der Waals surface area contributed by atoms with Crippen molar-refractivity contribution < 1.29 is 84.8 Å². The highest BCUT2D eigenvalue weighted by molar-refractivity contribution is 9.10. The summed E-state index contributed by atoms with van der Waals surface area (Å²) < 4.78 is 205. The van der Waals surface area contributed by atoms with E-state index in [0.29, 0.717) is 29.8 Å². The van der Waals surface area contributed by atoms with E-state index in [9.17, 15) is 66.0 Å². The molecule has 1 heterocycles. The van der Waals surface area contributed by atoms with Gasteiger partial charge in [-0.15, -0.1) is 0 Å². The Morgan fingerprint density at radius 1 is 0.404 bits per heavy atom. The van der Waals surface area contributed by atoms with E-state index in [1.54, 1.807) is 12.1 Å². The van der Waals surface area contributed by atoms with Gasteiger partial charge in [-0.05, 0) is 176 Å². The zero-order valence-corrected chi connectivity index (χ0v) is 55.4. The lowest BCUT2D eigenvalue weighted by Crippen LogP contribution is -2.41. The second-order valence-corrected chi connectivity index (χ2v) is 29.5. The summed E-state index contributed by atoms with van der Waals surface area (Å²) in [6.45, 7) is 12.8. The molecule has 0 bridgehead atoms. The number of esters is 2. The Morgan fingerprint density at radius 2 is 0.691 bits per heavy atom. The SMILES string of the molecule is CCCCCCCc1ccc(-c2ccc(-c3cc(F)c(C(=O)Oc4ccc(S(F)(F)(F)(F)F)cc4)c(F)c3)cc2)cc1.CCCCCCCc1ccc(-c2ccc(B3OC(C)(C)C(C)(C)O3)cc2)cc1.O=C(Oc1ccc(S(F)(F)(F)(F)F)cc1)c1c(F)cc(Br)cc1F. The van der Waals surface area contributed by atoms with E-state index in [2.05, 4.69) is 123 Å². The minimum absolute atomic E-state index is 0.00859. The van der Waals surface area contributed by atoms with Crippen molar-refractivity contribution in [3.63, 3.8) is 0 Å². The molecule has 94 heavy (non-hydrogen) atoms. The molecule has 1 aliphatic heterocycles. The highest BCUT2D eigenvalue weighted by Crippen LogP contribution is 3.02. The van der Waals surface area contributed by atoms with Crippen LogP contribution in [0.1, 0.15) is 138 Å². The zero-order chi connectivity index (χ0) is 69.2. The van der Waals surface area contributed by atoms with Crippen molar-refractivity contribution >= 4 is 60.9 Å².